The zero-order chi connectivity index (χ0) is 14.0. The lowest BCUT2D eigenvalue weighted by atomic mass is 10.0. The van der Waals surface area contributed by atoms with Crippen LogP contribution >= 0.6 is 23.2 Å². The van der Waals surface area contributed by atoms with E-state index in [0.717, 1.165) is 12.8 Å². The van der Waals surface area contributed by atoms with E-state index >= 15 is 0 Å². The zero-order valence-corrected chi connectivity index (χ0v) is 11.6. The minimum absolute atomic E-state index is 0.288. The maximum atomic E-state index is 12.3. The van der Waals surface area contributed by atoms with E-state index in [-0.39, 0.29) is 10.9 Å². The van der Waals surface area contributed by atoms with Gasteiger partial charge < -0.3 is 10.0 Å². The topological polar surface area (TPSA) is 57.6 Å². The molecule has 102 valence electrons. The Morgan fingerprint density at radius 2 is 1.95 bits per heavy atom. The highest BCUT2D eigenvalue weighted by molar-refractivity contribution is 6.42. The summed E-state index contributed by atoms with van der Waals surface area (Å²) in [5.41, 5.74) is 0.363. The molecule has 0 aromatic heterocycles. The molecular weight excluding hydrogens is 289 g/mol. The van der Waals surface area contributed by atoms with Gasteiger partial charge in [-0.2, -0.15) is 0 Å². The van der Waals surface area contributed by atoms with Crippen molar-refractivity contribution in [1.29, 1.82) is 0 Å². The van der Waals surface area contributed by atoms with E-state index in [1.807, 2.05) is 0 Å². The number of halogens is 2. The largest absolute Gasteiger partial charge is 0.480 e. The Labute approximate surface area is 120 Å². The summed E-state index contributed by atoms with van der Waals surface area (Å²) in [6.07, 6.45) is 2.13. The summed E-state index contributed by atoms with van der Waals surface area (Å²) < 4.78 is 0. The number of rotatable bonds is 2. The number of piperidine rings is 1. The maximum Gasteiger partial charge on any atom is 0.326 e. The Morgan fingerprint density at radius 3 is 2.58 bits per heavy atom. The Bertz CT molecular complexity index is 519. The smallest absolute Gasteiger partial charge is 0.326 e. The third-order valence-electron chi connectivity index (χ3n) is 3.22. The molecule has 0 saturated carbocycles. The van der Waals surface area contributed by atoms with Gasteiger partial charge in [-0.3, -0.25) is 4.79 Å². The van der Waals surface area contributed by atoms with E-state index in [4.69, 9.17) is 28.3 Å². The number of likely N-dealkylation sites (tertiary alicyclic amines) is 1. The fourth-order valence-corrected chi connectivity index (χ4v) is 2.52. The fourth-order valence-electron chi connectivity index (χ4n) is 2.23. The highest BCUT2D eigenvalue weighted by Gasteiger charge is 2.32. The molecule has 1 aromatic carbocycles. The Morgan fingerprint density at radius 1 is 1.21 bits per heavy atom. The van der Waals surface area contributed by atoms with Gasteiger partial charge in [-0.15, -0.1) is 0 Å². The van der Waals surface area contributed by atoms with Crippen LogP contribution in [0.5, 0.6) is 0 Å². The van der Waals surface area contributed by atoms with Gasteiger partial charge in [0, 0.05) is 12.1 Å². The number of hydrogen-bond acceptors (Lipinski definition) is 2. The molecule has 1 heterocycles. The van der Waals surface area contributed by atoms with Gasteiger partial charge in [0.05, 0.1) is 10.0 Å². The first-order chi connectivity index (χ1) is 9.00. The second-order valence-electron chi connectivity index (χ2n) is 4.48. The highest BCUT2D eigenvalue weighted by atomic mass is 35.5. The third kappa shape index (κ3) is 3.01. The third-order valence-corrected chi connectivity index (χ3v) is 3.95. The fraction of sp³-hybridized carbons (Fsp3) is 0.385. The Balaban J connectivity index is 2.26. The predicted molar refractivity (Wildman–Crippen MR) is 72.8 cm³/mol. The van der Waals surface area contributed by atoms with E-state index in [2.05, 4.69) is 0 Å². The van der Waals surface area contributed by atoms with Crippen molar-refractivity contribution in [3.8, 4) is 0 Å². The molecule has 1 aromatic rings. The summed E-state index contributed by atoms with van der Waals surface area (Å²) in [5.74, 6) is -1.28. The van der Waals surface area contributed by atoms with Gasteiger partial charge in [-0.05, 0) is 37.5 Å². The first-order valence-corrected chi connectivity index (χ1v) is 6.75. The Hall–Kier alpha value is -1.26. The Kier molecular flexibility index (Phi) is 4.32. The van der Waals surface area contributed by atoms with Crippen molar-refractivity contribution in [3.63, 3.8) is 0 Å². The molecule has 1 N–H and O–H groups in total. The van der Waals surface area contributed by atoms with Crippen molar-refractivity contribution >= 4 is 35.1 Å². The van der Waals surface area contributed by atoms with Crippen LogP contribution in [0, 0.1) is 0 Å². The van der Waals surface area contributed by atoms with Gasteiger partial charge in [0.25, 0.3) is 5.91 Å². The molecule has 1 amide bonds. The molecule has 1 atom stereocenters. The summed E-state index contributed by atoms with van der Waals surface area (Å²) in [6, 6.07) is 3.82. The van der Waals surface area contributed by atoms with Crippen LogP contribution in [0.15, 0.2) is 18.2 Å². The van der Waals surface area contributed by atoms with E-state index in [0.29, 0.717) is 23.6 Å². The van der Waals surface area contributed by atoms with Crippen molar-refractivity contribution in [3.05, 3.63) is 33.8 Å². The van der Waals surface area contributed by atoms with Crippen molar-refractivity contribution in [2.45, 2.75) is 25.3 Å². The average molecular weight is 302 g/mol. The summed E-state index contributed by atoms with van der Waals surface area (Å²) in [6.45, 7) is 0.454. The number of benzene rings is 1. The first kappa shape index (κ1) is 14.2. The molecule has 0 unspecified atom stereocenters. The summed E-state index contributed by atoms with van der Waals surface area (Å²) in [7, 11) is 0. The molecule has 1 fully saturated rings. The number of carbonyl (C=O) groups excluding carboxylic acids is 1. The van der Waals surface area contributed by atoms with Gasteiger partial charge >= 0.3 is 5.97 Å². The van der Waals surface area contributed by atoms with Gasteiger partial charge in [-0.25, -0.2) is 4.79 Å². The number of carboxylic acid groups (broad SMARTS) is 1. The lowest BCUT2D eigenvalue weighted by molar-refractivity contribution is -0.143. The van der Waals surface area contributed by atoms with Crippen molar-refractivity contribution in [2.75, 3.05) is 6.54 Å². The van der Waals surface area contributed by atoms with Crippen molar-refractivity contribution in [2.24, 2.45) is 0 Å². The van der Waals surface area contributed by atoms with Crippen molar-refractivity contribution in [1.82, 2.24) is 4.90 Å². The molecule has 6 heteroatoms. The number of hydrogen-bond donors (Lipinski definition) is 1. The molecular formula is C13H13Cl2NO3. The summed E-state index contributed by atoms with van der Waals surface area (Å²) >= 11 is 11.7. The molecule has 0 spiro atoms. The minimum atomic E-state index is -0.965. The van der Waals surface area contributed by atoms with Crippen LogP contribution in [0.1, 0.15) is 29.6 Å². The number of carbonyl (C=O) groups is 2. The van der Waals surface area contributed by atoms with Crippen molar-refractivity contribution < 1.29 is 14.7 Å². The lowest BCUT2D eigenvalue weighted by Crippen LogP contribution is -2.47. The first-order valence-electron chi connectivity index (χ1n) is 5.99. The van der Waals surface area contributed by atoms with Crippen LogP contribution in [0.3, 0.4) is 0 Å². The average Bonchev–Trinajstić information content (AvgIpc) is 2.41. The van der Waals surface area contributed by atoms with Gasteiger partial charge in [0.15, 0.2) is 0 Å². The van der Waals surface area contributed by atoms with E-state index in [1.54, 1.807) is 6.07 Å². The monoisotopic (exact) mass is 301 g/mol. The van der Waals surface area contributed by atoms with Gasteiger partial charge in [0.2, 0.25) is 0 Å². The number of carboxylic acids is 1. The maximum absolute atomic E-state index is 12.3. The lowest BCUT2D eigenvalue weighted by Gasteiger charge is -2.33. The molecule has 1 aliphatic heterocycles. The summed E-state index contributed by atoms with van der Waals surface area (Å²) in [4.78, 5) is 24.9. The predicted octanol–water partition coefficient (Wildman–Crippen LogP) is 3.07. The van der Waals surface area contributed by atoms with Crippen LogP contribution in [-0.2, 0) is 4.79 Å². The van der Waals surface area contributed by atoms with Crippen LogP contribution in [-0.4, -0.2) is 34.5 Å². The number of nitrogens with zero attached hydrogens (tertiary/aromatic N) is 1. The quantitative estimate of drug-likeness (QED) is 0.913. The molecule has 19 heavy (non-hydrogen) atoms. The normalized spacial score (nSPS) is 19.3. The second-order valence-corrected chi connectivity index (χ2v) is 5.29. The molecule has 2 rings (SSSR count). The SMILES string of the molecule is O=C(O)[C@@H]1CCCCN1C(=O)c1ccc(Cl)c(Cl)c1. The highest BCUT2D eigenvalue weighted by Crippen LogP contribution is 2.25. The van der Waals surface area contributed by atoms with E-state index in [1.165, 1.54) is 17.0 Å². The minimum Gasteiger partial charge on any atom is -0.480 e. The van der Waals surface area contributed by atoms with Crippen LogP contribution in [0.2, 0.25) is 10.0 Å². The molecule has 0 bridgehead atoms. The second kappa shape index (κ2) is 5.80. The zero-order valence-electron chi connectivity index (χ0n) is 10.1. The van der Waals surface area contributed by atoms with Gasteiger partial charge in [-0.1, -0.05) is 23.2 Å². The van der Waals surface area contributed by atoms with Crippen LogP contribution < -0.4 is 0 Å². The standard InChI is InChI=1S/C13H13Cl2NO3/c14-9-5-4-8(7-10(9)15)12(17)16-6-2-1-3-11(16)13(18)19/h4-5,7,11H,1-3,6H2,(H,18,19)/t11-/m0/s1. The van der Waals surface area contributed by atoms with E-state index in [9.17, 15) is 9.59 Å². The number of amides is 1. The molecule has 4 nitrogen and oxygen atoms in total. The van der Waals surface area contributed by atoms with Crippen LogP contribution in [0.25, 0.3) is 0 Å². The molecule has 0 aliphatic carbocycles. The van der Waals surface area contributed by atoms with Gasteiger partial charge in [0.1, 0.15) is 6.04 Å². The summed E-state index contributed by atoms with van der Waals surface area (Å²) in [5, 5.41) is 9.82. The van der Waals surface area contributed by atoms with E-state index < -0.39 is 12.0 Å². The molecule has 0 radical (unpaired) electrons. The molecule has 1 aliphatic rings. The van der Waals surface area contributed by atoms with Crippen LogP contribution in [0.4, 0.5) is 0 Å². The molecule has 1 saturated heterocycles. The number of aliphatic carboxylic acids is 1.